The van der Waals surface area contributed by atoms with Gasteiger partial charge in [0.15, 0.2) is 0 Å². The molecule has 0 radical (unpaired) electrons. The van der Waals surface area contributed by atoms with Crippen molar-refractivity contribution in [3.63, 3.8) is 0 Å². The first-order valence-electron chi connectivity index (χ1n) is 5.07. The van der Waals surface area contributed by atoms with Gasteiger partial charge >= 0.3 is 0 Å². The number of nitrogens with one attached hydrogen (secondary N) is 2. The Hall–Kier alpha value is -1.35. The number of nitrogens with zero attached hydrogens (tertiary/aromatic N) is 1. The highest BCUT2D eigenvalue weighted by Gasteiger charge is 2.18. The van der Waals surface area contributed by atoms with Crippen molar-refractivity contribution in [3.05, 3.63) is 30.2 Å². The maximum Gasteiger partial charge on any atom is 0.0487 e. The van der Waals surface area contributed by atoms with Crippen LogP contribution in [-0.4, -0.2) is 23.1 Å². The average Bonchev–Trinajstić information content (AvgIpc) is 2.86. The van der Waals surface area contributed by atoms with E-state index < -0.39 is 0 Å². The predicted octanol–water partition coefficient (Wildman–Crippen LogP) is 1.64. The fraction of sp³-hybridized carbons (Fsp3) is 0.364. The maximum atomic E-state index is 4.12. The number of H-pyrrole nitrogens is 1. The molecule has 72 valence electrons. The number of aromatic nitrogens is 2. The van der Waals surface area contributed by atoms with E-state index in [1.807, 2.05) is 18.5 Å². The molecule has 3 rings (SSSR count). The Morgan fingerprint density at radius 3 is 3.21 bits per heavy atom. The molecule has 1 unspecified atom stereocenters. The monoisotopic (exact) mass is 187 g/mol. The van der Waals surface area contributed by atoms with E-state index in [0.717, 1.165) is 13.1 Å². The number of hydrogen-bond acceptors (Lipinski definition) is 2. The van der Waals surface area contributed by atoms with Crippen molar-refractivity contribution in [1.29, 1.82) is 0 Å². The van der Waals surface area contributed by atoms with Gasteiger partial charge in [-0.15, -0.1) is 0 Å². The molecule has 3 heteroatoms. The van der Waals surface area contributed by atoms with E-state index in [9.17, 15) is 0 Å². The molecule has 3 nitrogen and oxygen atoms in total. The molecule has 2 N–H and O–H groups in total. The summed E-state index contributed by atoms with van der Waals surface area (Å²) in [5.74, 6) is 0.655. The van der Waals surface area contributed by atoms with Crippen LogP contribution in [0.2, 0.25) is 0 Å². The van der Waals surface area contributed by atoms with E-state index in [0.29, 0.717) is 5.92 Å². The lowest BCUT2D eigenvalue weighted by Crippen LogP contribution is -2.07. The quantitative estimate of drug-likeness (QED) is 0.712. The Labute approximate surface area is 82.5 Å². The summed E-state index contributed by atoms with van der Waals surface area (Å²) in [6.45, 7) is 2.23. The van der Waals surface area contributed by atoms with Gasteiger partial charge < -0.3 is 10.3 Å². The van der Waals surface area contributed by atoms with Gasteiger partial charge in [-0.3, -0.25) is 4.98 Å². The van der Waals surface area contributed by atoms with Crippen molar-refractivity contribution in [2.75, 3.05) is 13.1 Å². The third-order valence-corrected chi connectivity index (χ3v) is 2.94. The fourth-order valence-corrected chi connectivity index (χ4v) is 2.13. The first-order chi connectivity index (χ1) is 6.93. The molecule has 1 aliphatic heterocycles. The van der Waals surface area contributed by atoms with Gasteiger partial charge in [0.05, 0.1) is 0 Å². The standard InChI is InChI=1S/C11H13N3/c1-3-12-6-8(1)11-5-9-7-13-4-2-10(9)14-11/h2,4-5,7-8,12,14H,1,3,6H2. The van der Waals surface area contributed by atoms with E-state index >= 15 is 0 Å². The summed E-state index contributed by atoms with van der Waals surface area (Å²) in [4.78, 5) is 7.57. The zero-order valence-electron chi connectivity index (χ0n) is 7.96. The highest BCUT2D eigenvalue weighted by Crippen LogP contribution is 2.24. The molecule has 1 atom stereocenters. The average molecular weight is 187 g/mol. The number of fused-ring (bicyclic) bond motifs is 1. The van der Waals surface area contributed by atoms with Crippen LogP contribution < -0.4 is 5.32 Å². The van der Waals surface area contributed by atoms with Crippen molar-refractivity contribution < 1.29 is 0 Å². The number of pyridine rings is 1. The molecule has 3 heterocycles. The van der Waals surface area contributed by atoms with Gasteiger partial charge in [-0.25, -0.2) is 0 Å². The normalized spacial score (nSPS) is 21.9. The third-order valence-electron chi connectivity index (χ3n) is 2.94. The minimum Gasteiger partial charge on any atom is -0.358 e. The second-order valence-electron chi connectivity index (χ2n) is 3.88. The number of aromatic amines is 1. The van der Waals surface area contributed by atoms with Crippen molar-refractivity contribution in [2.45, 2.75) is 12.3 Å². The Bertz CT molecular complexity index is 407. The highest BCUT2D eigenvalue weighted by atomic mass is 14.9. The van der Waals surface area contributed by atoms with Gasteiger partial charge in [0, 0.05) is 41.5 Å². The summed E-state index contributed by atoms with van der Waals surface area (Å²) >= 11 is 0. The Morgan fingerprint density at radius 1 is 1.43 bits per heavy atom. The van der Waals surface area contributed by atoms with Crippen LogP contribution in [0.1, 0.15) is 18.0 Å². The molecule has 0 amide bonds. The lowest BCUT2D eigenvalue weighted by Gasteiger charge is -2.03. The largest absolute Gasteiger partial charge is 0.358 e. The summed E-state index contributed by atoms with van der Waals surface area (Å²) in [7, 11) is 0. The van der Waals surface area contributed by atoms with Crippen LogP contribution >= 0.6 is 0 Å². The Kier molecular flexibility index (Phi) is 1.77. The molecular formula is C11H13N3. The molecule has 0 aromatic carbocycles. The lowest BCUT2D eigenvalue weighted by molar-refractivity contribution is 0.743. The van der Waals surface area contributed by atoms with Gasteiger partial charge in [0.1, 0.15) is 0 Å². The Balaban J connectivity index is 2.05. The maximum absolute atomic E-state index is 4.12. The van der Waals surface area contributed by atoms with Crippen molar-refractivity contribution in [1.82, 2.24) is 15.3 Å². The van der Waals surface area contributed by atoms with Crippen LogP contribution in [-0.2, 0) is 0 Å². The van der Waals surface area contributed by atoms with Gasteiger partial charge in [-0.1, -0.05) is 0 Å². The number of hydrogen-bond donors (Lipinski definition) is 2. The smallest absolute Gasteiger partial charge is 0.0487 e. The van der Waals surface area contributed by atoms with Crippen LogP contribution in [0.4, 0.5) is 0 Å². The van der Waals surface area contributed by atoms with Gasteiger partial charge in [-0.05, 0) is 25.1 Å². The highest BCUT2D eigenvalue weighted by molar-refractivity contribution is 5.79. The molecule has 0 aliphatic carbocycles. The molecule has 1 aliphatic rings. The molecule has 2 aromatic heterocycles. The zero-order valence-corrected chi connectivity index (χ0v) is 7.96. The first kappa shape index (κ1) is 8.00. The predicted molar refractivity (Wildman–Crippen MR) is 56.3 cm³/mol. The topological polar surface area (TPSA) is 40.7 Å². The van der Waals surface area contributed by atoms with Crippen molar-refractivity contribution in [3.8, 4) is 0 Å². The molecule has 0 saturated carbocycles. The third kappa shape index (κ3) is 1.21. The molecule has 2 aromatic rings. The molecular weight excluding hydrogens is 174 g/mol. The lowest BCUT2D eigenvalue weighted by atomic mass is 10.1. The van der Waals surface area contributed by atoms with Crippen LogP contribution in [0.15, 0.2) is 24.5 Å². The molecule has 0 spiro atoms. The minimum absolute atomic E-state index is 0.655. The summed E-state index contributed by atoms with van der Waals surface area (Å²) in [6, 6.07) is 4.25. The first-order valence-corrected chi connectivity index (χ1v) is 5.07. The second-order valence-corrected chi connectivity index (χ2v) is 3.88. The van der Waals surface area contributed by atoms with Crippen molar-refractivity contribution in [2.24, 2.45) is 0 Å². The van der Waals surface area contributed by atoms with Crippen molar-refractivity contribution >= 4 is 10.9 Å². The molecule has 0 bridgehead atoms. The summed E-state index contributed by atoms with van der Waals surface area (Å²) in [5, 5.41) is 4.60. The van der Waals surface area contributed by atoms with E-state index in [4.69, 9.17) is 0 Å². The van der Waals surface area contributed by atoms with Crippen LogP contribution in [0.3, 0.4) is 0 Å². The van der Waals surface area contributed by atoms with Gasteiger partial charge in [0.25, 0.3) is 0 Å². The molecule has 1 fully saturated rings. The SMILES string of the molecule is c1cc2[nH]c(C3CCNC3)cc2cn1. The fourth-order valence-electron chi connectivity index (χ4n) is 2.13. The summed E-state index contributed by atoms with van der Waals surface area (Å²) in [5.41, 5.74) is 2.54. The van der Waals surface area contributed by atoms with E-state index in [2.05, 4.69) is 21.4 Å². The van der Waals surface area contributed by atoms with E-state index in [1.54, 1.807) is 0 Å². The van der Waals surface area contributed by atoms with Crippen LogP contribution in [0, 0.1) is 0 Å². The van der Waals surface area contributed by atoms with Gasteiger partial charge in [0.2, 0.25) is 0 Å². The Morgan fingerprint density at radius 2 is 2.43 bits per heavy atom. The minimum atomic E-state index is 0.655. The van der Waals surface area contributed by atoms with E-state index in [-0.39, 0.29) is 0 Å². The second kappa shape index (κ2) is 3.10. The zero-order chi connectivity index (χ0) is 9.38. The summed E-state index contributed by atoms with van der Waals surface area (Å²) < 4.78 is 0. The van der Waals surface area contributed by atoms with E-state index in [1.165, 1.54) is 23.0 Å². The number of rotatable bonds is 1. The van der Waals surface area contributed by atoms with Crippen LogP contribution in [0.25, 0.3) is 10.9 Å². The summed E-state index contributed by atoms with van der Waals surface area (Å²) in [6.07, 6.45) is 4.98. The molecule has 14 heavy (non-hydrogen) atoms. The van der Waals surface area contributed by atoms with Gasteiger partial charge in [-0.2, -0.15) is 0 Å². The molecule has 1 saturated heterocycles. The van der Waals surface area contributed by atoms with Crippen LogP contribution in [0.5, 0.6) is 0 Å².